The van der Waals surface area contributed by atoms with Gasteiger partial charge in [0.25, 0.3) is 0 Å². The highest BCUT2D eigenvalue weighted by Gasteiger charge is 2.28. The van der Waals surface area contributed by atoms with E-state index in [9.17, 15) is 4.79 Å². The predicted molar refractivity (Wildman–Crippen MR) is 92.9 cm³/mol. The third-order valence-corrected chi connectivity index (χ3v) is 5.13. The van der Waals surface area contributed by atoms with Crippen molar-refractivity contribution in [3.63, 3.8) is 0 Å². The number of morpholine rings is 1. The summed E-state index contributed by atoms with van der Waals surface area (Å²) in [5.41, 5.74) is 0. The fourth-order valence-corrected chi connectivity index (χ4v) is 3.68. The van der Waals surface area contributed by atoms with Crippen molar-refractivity contribution in [1.82, 2.24) is 19.8 Å². The molecule has 1 aromatic heterocycles. The second-order valence-electron chi connectivity index (χ2n) is 6.92. The van der Waals surface area contributed by atoms with Gasteiger partial charge in [-0.15, -0.1) is 0 Å². The second kappa shape index (κ2) is 8.62. The lowest BCUT2D eigenvalue weighted by atomic mass is 9.95. The summed E-state index contributed by atoms with van der Waals surface area (Å²) in [6, 6.07) is 0.178. The predicted octanol–water partition coefficient (Wildman–Crippen LogP) is 1.77. The van der Waals surface area contributed by atoms with Crippen LogP contribution in [-0.2, 0) is 16.1 Å². The molecule has 3 rings (SSSR count). The number of carbonyl (C=O) groups excluding carboxylic acids is 1. The molecule has 1 aromatic rings. The zero-order valence-corrected chi connectivity index (χ0v) is 14.7. The number of unbranched alkanes of at least 4 members (excludes halogenated alkanes) is 1. The zero-order chi connectivity index (χ0) is 16.8. The summed E-state index contributed by atoms with van der Waals surface area (Å²) in [7, 11) is 0. The molecule has 0 saturated carbocycles. The molecule has 0 aromatic carbocycles. The van der Waals surface area contributed by atoms with E-state index in [1.807, 2.05) is 11.1 Å². The summed E-state index contributed by atoms with van der Waals surface area (Å²) in [5, 5.41) is 3.36. The van der Waals surface area contributed by atoms with E-state index >= 15 is 0 Å². The molecule has 2 aliphatic rings. The third-order valence-electron chi connectivity index (χ3n) is 5.13. The van der Waals surface area contributed by atoms with Crippen molar-refractivity contribution in [2.75, 3.05) is 32.8 Å². The van der Waals surface area contributed by atoms with Crippen LogP contribution in [0, 0.1) is 0 Å². The van der Waals surface area contributed by atoms with E-state index < -0.39 is 0 Å². The molecular weight excluding hydrogens is 304 g/mol. The Morgan fingerprint density at radius 2 is 2.25 bits per heavy atom. The normalized spacial score (nSPS) is 22.7. The summed E-state index contributed by atoms with van der Waals surface area (Å²) in [6.45, 7) is 7.21. The van der Waals surface area contributed by atoms with E-state index in [-0.39, 0.29) is 11.9 Å². The maximum atomic E-state index is 12.5. The zero-order valence-electron chi connectivity index (χ0n) is 14.7. The molecule has 2 fully saturated rings. The number of carbonyl (C=O) groups is 1. The lowest BCUT2D eigenvalue weighted by Crippen LogP contribution is -2.46. The molecule has 1 atom stereocenters. The highest BCUT2D eigenvalue weighted by Crippen LogP contribution is 2.27. The summed E-state index contributed by atoms with van der Waals surface area (Å²) in [5.74, 6) is 1.95. The molecule has 6 nitrogen and oxygen atoms in total. The standard InChI is InChI=1S/C18H30N4O2/c1-2-3-8-22-11-6-20-18(22)15-4-9-21(10-5-15)17(23)13-16-14-24-12-7-19-16/h6,11,15-16,19H,2-5,7-10,12-14H2,1H3/t16-/m1/s1. The third kappa shape index (κ3) is 4.36. The molecule has 6 heteroatoms. The van der Waals surface area contributed by atoms with Crippen molar-refractivity contribution in [2.24, 2.45) is 0 Å². The van der Waals surface area contributed by atoms with Crippen LogP contribution in [0.1, 0.15) is 50.8 Å². The quantitative estimate of drug-likeness (QED) is 0.861. The molecule has 0 spiro atoms. The molecule has 2 aliphatic heterocycles. The lowest BCUT2D eigenvalue weighted by Gasteiger charge is -2.33. The van der Waals surface area contributed by atoms with Gasteiger partial charge in [-0.25, -0.2) is 4.98 Å². The Kier molecular flexibility index (Phi) is 6.26. The highest BCUT2D eigenvalue weighted by molar-refractivity contribution is 5.77. The molecule has 24 heavy (non-hydrogen) atoms. The van der Waals surface area contributed by atoms with Gasteiger partial charge in [0.1, 0.15) is 5.82 Å². The van der Waals surface area contributed by atoms with Crippen molar-refractivity contribution in [1.29, 1.82) is 0 Å². The molecule has 0 unspecified atom stereocenters. The van der Waals surface area contributed by atoms with E-state index in [1.165, 1.54) is 18.7 Å². The van der Waals surface area contributed by atoms with Crippen LogP contribution >= 0.6 is 0 Å². The van der Waals surface area contributed by atoms with Gasteiger partial charge in [0, 0.05) is 57.0 Å². The largest absolute Gasteiger partial charge is 0.378 e. The average molecular weight is 334 g/mol. The SMILES string of the molecule is CCCCn1ccnc1C1CCN(C(=O)C[C@@H]2COCCN2)CC1. The van der Waals surface area contributed by atoms with E-state index in [0.717, 1.165) is 45.6 Å². The number of nitrogens with zero attached hydrogens (tertiary/aromatic N) is 3. The van der Waals surface area contributed by atoms with Gasteiger partial charge in [0.15, 0.2) is 0 Å². The molecule has 0 aliphatic carbocycles. The van der Waals surface area contributed by atoms with Gasteiger partial charge in [-0.1, -0.05) is 13.3 Å². The minimum atomic E-state index is 0.178. The van der Waals surface area contributed by atoms with Gasteiger partial charge >= 0.3 is 0 Å². The summed E-state index contributed by atoms with van der Waals surface area (Å²) < 4.78 is 7.74. The first-order valence-electron chi connectivity index (χ1n) is 9.38. The van der Waals surface area contributed by atoms with Crippen LogP contribution < -0.4 is 5.32 Å². The van der Waals surface area contributed by atoms with Gasteiger partial charge < -0.3 is 19.5 Å². The van der Waals surface area contributed by atoms with E-state index in [1.54, 1.807) is 0 Å². The molecule has 134 valence electrons. The summed E-state index contributed by atoms with van der Waals surface area (Å²) >= 11 is 0. The number of nitrogens with one attached hydrogen (secondary N) is 1. The van der Waals surface area contributed by atoms with E-state index in [4.69, 9.17) is 4.74 Å². The number of likely N-dealkylation sites (tertiary alicyclic amines) is 1. The topological polar surface area (TPSA) is 59.4 Å². The Morgan fingerprint density at radius 1 is 1.42 bits per heavy atom. The molecule has 0 bridgehead atoms. The van der Waals surface area contributed by atoms with Gasteiger partial charge in [-0.2, -0.15) is 0 Å². The maximum absolute atomic E-state index is 12.5. The molecule has 0 radical (unpaired) electrons. The number of hydrogen-bond acceptors (Lipinski definition) is 4. The van der Waals surface area contributed by atoms with Gasteiger partial charge in [-0.05, 0) is 19.3 Å². The maximum Gasteiger partial charge on any atom is 0.224 e. The average Bonchev–Trinajstić information content (AvgIpc) is 3.09. The van der Waals surface area contributed by atoms with Crippen molar-refractivity contribution < 1.29 is 9.53 Å². The number of aryl methyl sites for hydroxylation is 1. The molecule has 3 heterocycles. The monoisotopic (exact) mass is 334 g/mol. The van der Waals surface area contributed by atoms with Crippen LogP contribution in [0.5, 0.6) is 0 Å². The van der Waals surface area contributed by atoms with Crippen molar-refractivity contribution >= 4 is 5.91 Å². The van der Waals surface area contributed by atoms with Crippen LogP contribution in [0.2, 0.25) is 0 Å². The molecule has 1 amide bonds. The fourth-order valence-electron chi connectivity index (χ4n) is 3.68. The molecule has 1 N–H and O–H groups in total. The van der Waals surface area contributed by atoms with Crippen molar-refractivity contribution in [3.8, 4) is 0 Å². The number of imidazole rings is 1. The van der Waals surface area contributed by atoms with E-state index in [2.05, 4.69) is 28.0 Å². The van der Waals surface area contributed by atoms with Crippen LogP contribution in [0.3, 0.4) is 0 Å². The number of amides is 1. The Morgan fingerprint density at radius 3 is 2.96 bits per heavy atom. The van der Waals surface area contributed by atoms with Crippen LogP contribution in [-0.4, -0.2) is 59.2 Å². The highest BCUT2D eigenvalue weighted by atomic mass is 16.5. The van der Waals surface area contributed by atoms with Crippen molar-refractivity contribution in [3.05, 3.63) is 18.2 Å². The minimum absolute atomic E-state index is 0.178. The Hall–Kier alpha value is -1.40. The minimum Gasteiger partial charge on any atom is -0.378 e. The van der Waals surface area contributed by atoms with Crippen LogP contribution in [0.4, 0.5) is 0 Å². The van der Waals surface area contributed by atoms with Gasteiger partial charge in [0.2, 0.25) is 5.91 Å². The van der Waals surface area contributed by atoms with E-state index in [0.29, 0.717) is 18.9 Å². The first-order valence-corrected chi connectivity index (χ1v) is 9.38. The molecular formula is C18H30N4O2. The number of ether oxygens (including phenoxy) is 1. The van der Waals surface area contributed by atoms with Crippen LogP contribution in [0.15, 0.2) is 12.4 Å². The first kappa shape index (κ1) is 17.4. The number of rotatable bonds is 6. The Balaban J connectivity index is 1.48. The Bertz CT molecular complexity index is 517. The lowest BCUT2D eigenvalue weighted by molar-refractivity contribution is -0.133. The number of aromatic nitrogens is 2. The van der Waals surface area contributed by atoms with Crippen molar-refractivity contribution in [2.45, 2.75) is 57.5 Å². The van der Waals surface area contributed by atoms with Gasteiger partial charge in [-0.3, -0.25) is 4.79 Å². The smallest absolute Gasteiger partial charge is 0.224 e. The molecule has 2 saturated heterocycles. The van der Waals surface area contributed by atoms with Crippen LogP contribution in [0.25, 0.3) is 0 Å². The first-order chi connectivity index (χ1) is 11.8. The summed E-state index contributed by atoms with van der Waals surface area (Å²) in [4.78, 5) is 19.1. The number of hydrogen-bond donors (Lipinski definition) is 1. The summed E-state index contributed by atoms with van der Waals surface area (Å²) in [6.07, 6.45) is 8.98. The van der Waals surface area contributed by atoms with Gasteiger partial charge in [0.05, 0.1) is 13.2 Å². The fraction of sp³-hybridized carbons (Fsp3) is 0.778. The second-order valence-corrected chi connectivity index (χ2v) is 6.92. The number of piperidine rings is 1. The Labute approximate surface area is 144 Å².